The second-order valence-electron chi connectivity index (χ2n) is 12.0. The second kappa shape index (κ2) is 13.1. The predicted molar refractivity (Wildman–Crippen MR) is 158 cm³/mol. The molecule has 38 heavy (non-hydrogen) atoms. The van der Waals surface area contributed by atoms with Gasteiger partial charge >= 0.3 is 11.9 Å². The van der Waals surface area contributed by atoms with Crippen molar-refractivity contribution < 1.29 is 19.1 Å². The first-order valence-electron chi connectivity index (χ1n) is 14.0. The third-order valence-electron chi connectivity index (χ3n) is 6.22. The average molecular weight is 517 g/mol. The van der Waals surface area contributed by atoms with Crippen molar-refractivity contribution in [3.63, 3.8) is 0 Å². The van der Waals surface area contributed by atoms with Gasteiger partial charge in [0, 0.05) is 12.8 Å². The normalized spacial score (nSPS) is 11.9. The summed E-state index contributed by atoms with van der Waals surface area (Å²) in [4.78, 5) is 24.1. The number of carbonyl (C=O) groups excluding carboxylic acids is 2. The van der Waals surface area contributed by atoms with E-state index in [4.69, 9.17) is 9.47 Å². The summed E-state index contributed by atoms with van der Waals surface area (Å²) in [6, 6.07) is 17.2. The highest BCUT2D eigenvalue weighted by Gasteiger charge is 2.16. The van der Waals surface area contributed by atoms with Crippen molar-refractivity contribution in [1.82, 2.24) is 0 Å². The van der Waals surface area contributed by atoms with Crippen LogP contribution in [0.1, 0.15) is 92.9 Å². The lowest BCUT2D eigenvalue weighted by molar-refractivity contribution is -0.156. The van der Waals surface area contributed by atoms with Crippen molar-refractivity contribution >= 4 is 45.6 Å². The molecule has 3 rings (SSSR count). The van der Waals surface area contributed by atoms with Crippen LogP contribution in [0, 0.1) is 0 Å². The first-order chi connectivity index (χ1) is 17.9. The van der Waals surface area contributed by atoms with Crippen LogP contribution in [0.4, 0.5) is 0 Å². The van der Waals surface area contributed by atoms with Crippen LogP contribution in [-0.4, -0.2) is 23.1 Å². The molecule has 0 saturated carbocycles. The molecule has 0 aliphatic carbocycles. The smallest absolute Gasteiger partial charge is 0.306 e. The standard InChI is InChI=1S/C34H44O4/c1-33(2,3)37-31(35)23-11-7-9-17-25-27-19-13-15-21-29(27)26(30-22-16-14-20-28(25)30)18-10-8-12-24-32(36)38-34(4,5)6/h13-22H,7-12,23-24H2,1-6H3. The Balaban J connectivity index is 1.78. The van der Waals surface area contributed by atoms with E-state index in [2.05, 4.69) is 60.7 Å². The number of benzene rings is 3. The molecule has 204 valence electrons. The minimum Gasteiger partial charge on any atom is -0.460 e. The van der Waals surface area contributed by atoms with Crippen LogP contribution in [0.15, 0.2) is 48.5 Å². The maximum Gasteiger partial charge on any atom is 0.306 e. The molecule has 0 radical (unpaired) electrons. The minimum atomic E-state index is -0.433. The monoisotopic (exact) mass is 516 g/mol. The maximum atomic E-state index is 12.0. The third-order valence-corrected chi connectivity index (χ3v) is 6.22. The van der Waals surface area contributed by atoms with Gasteiger partial charge in [0.15, 0.2) is 0 Å². The second-order valence-corrected chi connectivity index (χ2v) is 12.0. The molecule has 0 aliphatic rings. The summed E-state index contributed by atoms with van der Waals surface area (Å²) < 4.78 is 10.9. The molecule has 0 fully saturated rings. The van der Waals surface area contributed by atoms with Gasteiger partial charge in [0.05, 0.1) is 0 Å². The van der Waals surface area contributed by atoms with Crippen molar-refractivity contribution in [2.45, 2.75) is 104 Å². The van der Waals surface area contributed by atoms with Crippen molar-refractivity contribution in [3.05, 3.63) is 59.0 Å². The lowest BCUT2D eigenvalue weighted by Gasteiger charge is -2.19. The maximum absolute atomic E-state index is 12.0. The number of ether oxygens (including phenoxy) is 2. The quantitative estimate of drug-likeness (QED) is 0.160. The fourth-order valence-corrected chi connectivity index (χ4v) is 4.74. The fourth-order valence-electron chi connectivity index (χ4n) is 4.74. The Kier molecular flexibility index (Phi) is 10.1. The van der Waals surface area contributed by atoms with Gasteiger partial charge in [0.2, 0.25) is 0 Å². The topological polar surface area (TPSA) is 52.6 Å². The Hall–Kier alpha value is -3.14. The zero-order valence-electron chi connectivity index (χ0n) is 24.1. The van der Waals surface area contributed by atoms with Gasteiger partial charge in [-0.25, -0.2) is 0 Å². The summed E-state index contributed by atoms with van der Waals surface area (Å²) >= 11 is 0. The van der Waals surface area contributed by atoms with Crippen LogP contribution < -0.4 is 10.4 Å². The number of hydrogen-bond donors (Lipinski definition) is 0. The number of carbonyl (C=O) groups is 2. The number of unbranched alkanes of at least 4 members (excludes halogenated alkanes) is 4. The predicted octanol–water partition coefficient (Wildman–Crippen LogP) is 7.36. The number of esters is 2. The summed E-state index contributed by atoms with van der Waals surface area (Å²) in [7, 11) is 0. The molecule has 0 heterocycles. The van der Waals surface area contributed by atoms with Gasteiger partial charge in [-0.05, 0) is 112 Å². The highest BCUT2D eigenvalue weighted by molar-refractivity contribution is 6.00. The number of hydrogen-bond acceptors (Lipinski definition) is 4. The SMILES string of the molecule is CC(C)(C)OC(=O)CCCCC=c1c2ccccc2c(=CCCCCC(=O)OC(C)(C)C)c2ccccc12. The molecule has 0 atom stereocenters. The average Bonchev–Trinajstić information content (AvgIpc) is 2.82. The molecular formula is C34H44O4. The van der Waals surface area contributed by atoms with Crippen LogP contribution in [-0.2, 0) is 19.1 Å². The fraction of sp³-hybridized carbons (Fsp3) is 0.471. The van der Waals surface area contributed by atoms with Crippen molar-refractivity contribution in [1.29, 1.82) is 0 Å². The highest BCUT2D eigenvalue weighted by Crippen LogP contribution is 2.16. The largest absolute Gasteiger partial charge is 0.460 e. The molecule has 0 amide bonds. The van der Waals surface area contributed by atoms with E-state index < -0.39 is 11.2 Å². The molecule has 0 aliphatic heterocycles. The molecular weight excluding hydrogens is 472 g/mol. The van der Waals surface area contributed by atoms with E-state index >= 15 is 0 Å². The Bertz CT molecular complexity index is 1200. The van der Waals surface area contributed by atoms with Gasteiger partial charge in [0.25, 0.3) is 0 Å². The molecule has 4 heteroatoms. The van der Waals surface area contributed by atoms with E-state index in [9.17, 15) is 9.59 Å². The van der Waals surface area contributed by atoms with Crippen LogP contribution in [0.5, 0.6) is 0 Å². The van der Waals surface area contributed by atoms with Crippen LogP contribution in [0.3, 0.4) is 0 Å². The summed E-state index contributed by atoms with van der Waals surface area (Å²) in [5.74, 6) is -0.251. The molecule has 0 bridgehead atoms. The Morgan fingerprint density at radius 1 is 0.579 bits per heavy atom. The van der Waals surface area contributed by atoms with Gasteiger partial charge in [0.1, 0.15) is 11.2 Å². The van der Waals surface area contributed by atoms with E-state index in [0.717, 1.165) is 38.5 Å². The van der Waals surface area contributed by atoms with E-state index in [-0.39, 0.29) is 11.9 Å². The van der Waals surface area contributed by atoms with Crippen molar-refractivity contribution in [2.75, 3.05) is 0 Å². The lowest BCUT2D eigenvalue weighted by atomic mass is 9.96. The Labute approximate surface area is 227 Å². The Morgan fingerprint density at radius 3 is 1.18 bits per heavy atom. The zero-order chi connectivity index (χ0) is 27.8. The van der Waals surface area contributed by atoms with Gasteiger partial charge in [-0.1, -0.05) is 60.7 Å². The summed E-state index contributed by atoms with van der Waals surface area (Å²) in [5, 5.41) is 7.51. The molecule has 3 aromatic rings. The zero-order valence-corrected chi connectivity index (χ0v) is 24.1. The van der Waals surface area contributed by atoms with E-state index in [1.54, 1.807) is 0 Å². The summed E-state index contributed by atoms with van der Waals surface area (Å²) in [6.07, 6.45) is 10.9. The third kappa shape index (κ3) is 9.01. The molecule has 0 N–H and O–H groups in total. The first kappa shape index (κ1) is 29.4. The van der Waals surface area contributed by atoms with Crippen molar-refractivity contribution in [3.8, 4) is 0 Å². The van der Waals surface area contributed by atoms with Gasteiger partial charge < -0.3 is 9.47 Å². The van der Waals surface area contributed by atoms with Crippen LogP contribution in [0.25, 0.3) is 33.7 Å². The number of rotatable bonds is 10. The van der Waals surface area contributed by atoms with Gasteiger partial charge in [-0.15, -0.1) is 0 Å². The molecule has 0 spiro atoms. The van der Waals surface area contributed by atoms with E-state index in [0.29, 0.717) is 12.8 Å². The summed E-state index contributed by atoms with van der Waals surface area (Å²) in [6.45, 7) is 11.4. The highest BCUT2D eigenvalue weighted by atomic mass is 16.6. The van der Waals surface area contributed by atoms with Crippen LogP contribution >= 0.6 is 0 Å². The molecule has 0 saturated heterocycles. The van der Waals surface area contributed by atoms with Gasteiger partial charge in [-0.3, -0.25) is 9.59 Å². The molecule has 0 unspecified atom stereocenters. The first-order valence-corrected chi connectivity index (χ1v) is 14.0. The lowest BCUT2D eigenvalue weighted by Crippen LogP contribution is -2.23. The Morgan fingerprint density at radius 2 is 0.895 bits per heavy atom. The minimum absolute atomic E-state index is 0.126. The molecule has 3 aromatic carbocycles. The van der Waals surface area contributed by atoms with E-state index in [1.165, 1.54) is 32.0 Å². The molecule has 0 aromatic heterocycles. The van der Waals surface area contributed by atoms with E-state index in [1.807, 2.05) is 41.5 Å². The summed E-state index contributed by atoms with van der Waals surface area (Å²) in [5.41, 5.74) is -0.865. The van der Waals surface area contributed by atoms with Crippen LogP contribution in [0.2, 0.25) is 0 Å². The van der Waals surface area contributed by atoms with Crippen molar-refractivity contribution in [2.24, 2.45) is 0 Å². The van der Waals surface area contributed by atoms with Gasteiger partial charge in [-0.2, -0.15) is 0 Å². The number of fused-ring (bicyclic) bond motifs is 2. The molecule has 4 nitrogen and oxygen atoms in total.